The molecule has 0 aliphatic carbocycles. The summed E-state index contributed by atoms with van der Waals surface area (Å²) >= 11 is 0. The lowest BCUT2D eigenvalue weighted by Crippen LogP contribution is -2.00. The second-order valence-corrected chi connectivity index (χ2v) is 10.7. The number of benzene rings is 6. The first-order valence-corrected chi connectivity index (χ1v) is 14.7. The third kappa shape index (κ3) is 4.69. The second-order valence-electron chi connectivity index (χ2n) is 10.7. The fourth-order valence-electron chi connectivity index (χ4n) is 5.86. The molecule has 2 heterocycles. The molecule has 0 bridgehead atoms. The van der Waals surface area contributed by atoms with Gasteiger partial charge in [-0.1, -0.05) is 140 Å². The van der Waals surface area contributed by atoms with Gasteiger partial charge in [-0.3, -0.25) is 4.98 Å². The first-order valence-electron chi connectivity index (χ1n) is 14.7. The van der Waals surface area contributed by atoms with Crippen LogP contribution in [0.4, 0.5) is 0 Å². The molecule has 8 rings (SSSR count). The number of nitrogens with zero attached hydrogens (tertiary/aromatic N) is 4. The predicted molar refractivity (Wildman–Crippen MR) is 180 cm³/mol. The van der Waals surface area contributed by atoms with Crippen molar-refractivity contribution in [1.29, 1.82) is 0 Å². The summed E-state index contributed by atoms with van der Waals surface area (Å²) < 4.78 is 0. The van der Waals surface area contributed by atoms with E-state index in [2.05, 4.69) is 89.9 Å². The maximum atomic E-state index is 4.91. The van der Waals surface area contributed by atoms with E-state index in [0.29, 0.717) is 17.5 Å². The van der Waals surface area contributed by atoms with Gasteiger partial charge in [0.05, 0.1) is 5.52 Å². The summed E-state index contributed by atoms with van der Waals surface area (Å²) in [5, 5.41) is 3.55. The van der Waals surface area contributed by atoms with Gasteiger partial charge in [0, 0.05) is 28.3 Å². The van der Waals surface area contributed by atoms with E-state index in [1.165, 1.54) is 21.9 Å². The number of aromatic nitrogens is 4. The van der Waals surface area contributed by atoms with Gasteiger partial charge in [0.2, 0.25) is 0 Å². The van der Waals surface area contributed by atoms with Crippen LogP contribution in [0.25, 0.3) is 78.1 Å². The molecule has 0 fully saturated rings. The van der Waals surface area contributed by atoms with E-state index in [1.54, 1.807) is 0 Å². The summed E-state index contributed by atoms with van der Waals surface area (Å²) in [6.07, 6.45) is 1.85. The van der Waals surface area contributed by atoms with Gasteiger partial charge in [-0.15, -0.1) is 0 Å². The van der Waals surface area contributed by atoms with Crippen LogP contribution in [0.15, 0.2) is 158 Å². The van der Waals surface area contributed by atoms with Crippen LogP contribution in [0.3, 0.4) is 0 Å². The average Bonchev–Trinajstić information content (AvgIpc) is 3.11. The molecule has 0 saturated heterocycles. The van der Waals surface area contributed by atoms with Gasteiger partial charge < -0.3 is 0 Å². The zero-order valence-electron chi connectivity index (χ0n) is 23.8. The fraction of sp³-hybridized carbons (Fsp3) is 0. The Morgan fingerprint density at radius 3 is 1.59 bits per heavy atom. The molecule has 4 heteroatoms. The number of hydrogen-bond donors (Lipinski definition) is 0. The SMILES string of the molecule is c1ccc(-c2nc(-c3ccccc3)nc(-c3ccc(-c4ccc5ccccc5c4-c4cccc5ncccc45)cc3)n2)cc1. The van der Waals surface area contributed by atoms with E-state index in [9.17, 15) is 0 Å². The molecule has 44 heavy (non-hydrogen) atoms. The molecule has 6 aromatic carbocycles. The van der Waals surface area contributed by atoms with Gasteiger partial charge in [-0.25, -0.2) is 15.0 Å². The summed E-state index contributed by atoms with van der Waals surface area (Å²) in [6.45, 7) is 0. The number of pyridine rings is 1. The van der Waals surface area contributed by atoms with Crippen LogP contribution in [-0.2, 0) is 0 Å². The van der Waals surface area contributed by atoms with Crippen LogP contribution in [0.1, 0.15) is 0 Å². The third-order valence-electron chi connectivity index (χ3n) is 8.00. The lowest BCUT2D eigenvalue weighted by atomic mass is 9.88. The van der Waals surface area contributed by atoms with Crippen molar-refractivity contribution in [3.63, 3.8) is 0 Å². The molecule has 0 N–H and O–H groups in total. The minimum atomic E-state index is 0.642. The predicted octanol–water partition coefficient (Wildman–Crippen LogP) is 9.91. The largest absolute Gasteiger partial charge is 0.256 e. The molecular formula is C40H26N4. The molecule has 0 atom stereocenters. The Balaban J connectivity index is 1.28. The molecule has 0 aliphatic rings. The molecule has 0 unspecified atom stereocenters. The maximum Gasteiger partial charge on any atom is 0.164 e. The molecule has 4 nitrogen and oxygen atoms in total. The van der Waals surface area contributed by atoms with Gasteiger partial charge in [0.25, 0.3) is 0 Å². The summed E-state index contributed by atoms with van der Waals surface area (Å²) in [5.74, 6) is 1.95. The number of fused-ring (bicyclic) bond motifs is 2. The van der Waals surface area contributed by atoms with E-state index in [-0.39, 0.29) is 0 Å². The fourth-order valence-corrected chi connectivity index (χ4v) is 5.86. The van der Waals surface area contributed by atoms with Crippen LogP contribution in [0.5, 0.6) is 0 Å². The van der Waals surface area contributed by atoms with Crippen molar-refractivity contribution in [1.82, 2.24) is 19.9 Å². The van der Waals surface area contributed by atoms with E-state index >= 15 is 0 Å². The van der Waals surface area contributed by atoms with Gasteiger partial charge in [0.1, 0.15) is 0 Å². The highest BCUT2D eigenvalue weighted by Gasteiger charge is 2.16. The Bertz CT molecular complexity index is 2200. The minimum absolute atomic E-state index is 0.642. The second kappa shape index (κ2) is 11.0. The van der Waals surface area contributed by atoms with E-state index in [1.807, 2.05) is 72.9 Å². The molecule has 206 valence electrons. The topological polar surface area (TPSA) is 51.6 Å². The smallest absolute Gasteiger partial charge is 0.164 e. The molecule has 0 spiro atoms. The van der Waals surface area contributed by atoms with Crippen LogP contribution < -0.4 is 0 Å². The zero-order valence-corrected chi connectivity index (χ0v) is 23.8. The Morgan fingerprint density at radius 1 is 0.341 bits per heavy atom. The lowest BCUT2D eigenvalue weighted by Gasteiger charge is -2.16. The van der Waals surface area contributed by atoms with E-state index in [4.69, 9.17) is 15.0 Å². The summed E-state index contributed by atoms with van der Waals surface area (Å²) in [7, 11) is 0. The van der Waals surface area contributed by atoms with Crippen molar-refractivity contribution in [3.05, 3.63) is 158 Å². The number of rotatable bonds is 5. The number of hydrogen-bond acceptors (Lipinski definition) is 4. The molecule has 0 saturated carbocycles. The van der Waals surface area contributed by atoms with Crippen LogP contribution >= 0.6 is 0 Å². The summed E-state index contributed by atoms with van der Waals surface area (Å²) in [5.41, 5.74) is 8.48. The van der Waals surface area contributed by atoms with Gasteiger partial charge >= 0.3 is 0 Å². The third-order valence-corrected chi connectivity index (χ3v) is 8.00. The molecule has 0 amide bonds. The average molecular weight is 563 g/mol. The van der Waals surface area contributed by atoms with Crippen molar-refractivity contribution in [2.75, 3.05) is 0 Å². The molecule has 8 aromatic rings. The van der Waals surface area contributed by atoms with Crippen molar-refractivity contribution in [3.8, 4) is 56.4 Å². The van der Waals surface area contributed by atoms with Crippen LogP contribution in [0, 0.1) is 0 Å². The molecule has 0 aliphatic heterocycles. The van der Waals surface area contributed by atoms with Gasteiger partial charge in [0.15, 0.2) is 17.5 Å². The lowest BCUT2D eigenvalue weighted by molar-refractivity contribution is 1.07. The highest BCUT2D eigenvalue weighted by molar-refractivity contribution is 6.10. The van der Waals surface area contributed by atoms with Crippen LogP contribution in [-0.4, -0.2) is 19.9 Å². The first-order chi connectivity index (χ1) is 21.8. The standard InChI is InChI=1S/C40H26N4/c1-3-12-29(13-4-1)38-42-39(30-14-5-2-6-15-30)44-40(43-38)31-22-20-28(21-23-31)33-25-24-27-11-7-8-16-32(27)37(33)35-17-9-19-36-34(35)18-10-26-41-36/h1-26H. The Hall–Kier alpha value is -6.00. The molecular weight excluding hydrogens is 536 g/mol. The quantitative estimate of drug-likeness (QED) is 0.209. The van der Waals surface area contributed by atoms with Crippen LogP contribution in [0.2, 0.25) is 0 Å². The van der Waals surface area contributed by atoms with Crippen molar-refractivity contribution in [2.45, 2.75) is 0 Å². The van der Waals surface area contributed by atoms with E-state index in [0.717, 1.165) is 38.7 Å². The first kappa shape index (κ1) is 25.7. The molecule has 2 aromatic heterocycles. The summed E-state index contributed by atoms with van der Waals surface area (Å²) in [4.78, 5) is 19.3. The van der Waals surface area contributed by atoms with Gasteiger partial charge in [-0.05, 0) is 45.2 Å². The van der Waals surface area contributed by atoms with Crippen molar-refractivity contribution >= 4 is 21.7 Å². The normalized spacial score (nSPS) is 11.2. The highest BCUT2D eigenvalue weighted by Crippen LogP contribution is 2.41. The van der Waals surface area contributed by atoms with Gasteiger partial charge in [-0.2, -0.15) is 0 Å². The minimum Gasteiger partial charge on any atom is -0.256 e. The molecule has 0 radical (unpaired) electrons. The van der Waals surface area contributed by atoms with Crippen molar-refractivity contribution in [2.24, 2.45) is 0 Å². The Labute approximate surface area is 255 Å². The monoisotopic (exact) mass is 562 g/mol. The maximum absolute atomic E-state index is 4.91. The van der Waals surface area contributed by atoms with Crippen molar-refractivity contribution < 1.29 is 0 Å². The van der Waals surface area contributed by atoms with E-state index < -0.39 is 0 Å². The highest BCUT2D eigenvalue weighted by atomic mass is 15.0. The Morgan fingerprint density at radius 2 is 0.909 bits per heavy atom. The summed E-state index contributed by atoms with van der Waals surface area (Å²) in [6, 6.07) is 52.2. The zero-order chi connectivity index (χ0) is 29.3. The Kier molecular flexibility index (Phi) is 6.43.